The monoisotopic (exact) mass is 369 g/mol. The van der Waals surface area contributed by atoms with E-state index in [0.717, 1.165) is 17.4 Å². The van der Waals surface area contributed by atoms with Crippen molar-refractivity contribution in [3.8, 4) is 0 Å². The molecule has 1 aromatic heterocycles. The Labute approximate surface area is 145 Å². The lowest BCUT2D eigenvalue weighted by atomic mass is 10.0. The number of esters is 1. The predicted molar refractivity (Wildman–Crippen MR) is 86.6 cm³/mol. The lowest BCUT2D eigenvalue weighted by Crippen LogP contribution is -2.15. The average molecular weight is 369 g/mol. The number of halogens is 3. The molecular formula is C17H14F3NO3S. The second-order valence-electron chi connectivity index (χ2n) is 5.68. The number of hydrogen-bond donors (Lipinski definition) is 1. The van der Waals surface area contributed by atoms with Crippen LogP contribution in [0.4, 0.5) is 18.2 Å². The molecule has 0 radical (unpaired) electrons. The fraction of sp³-hybridized carbons (Fsp3) is 0.294. The molecule has 4 nitrogen and oxygen atoms in total. The number of rotatable bonds is 4. The number of alkyl halides is 3. The van der Waals surface area contributed by atoms with Crippen molar-refractivity contribution < 1.29 is 27.5 Å². The minimum absolute atomic E-state index is 0.150. The van der Waals surface area contributed by atoms with Gasteiger partial charge in [-0.15, -0.1) is 11.3 Å². The molecule has 1 aliphatic rings. The quantitative estimate of drug-likeness (QED) is 0.818. The van der Waals surface area contributed by atoms with Gasteiger partial charge in [-0.2, -0.15) is 13.2 Å². The fourth-order valence-electron chi connectivity index (χ4n) is 2.74. The van der Waals surface area contributed by atoms with Crippen LogP contribution in [0.1, 0.15) is 33.1 Å². The summed E-state index contributed by atoms with van der Waals surface area (Å²) in [7, 11) is 1.26. The third kappa shape index (κ3) is 3.68. The Bertz CT molecular complexity index is 815. The molecule has 1 aliphatic carbocycles. The number of carbonyl (C=O) groups is 2. The topological polar surface area (TPSA) is 55.4 Å². The van der Waals surface area contributed by atoms with Crippen LogP contribution in [0.25, 0.3) is 0 Å². The molecule has 1 aromatic carbocycles. The summed E-state index contributed by atoms with van der Waals surface area (Å²) in [4.78, 5) is 24.0. The highest BCUT2D eigenvalue weighted by Crippen LogP contribution is 2.51. The molecule has 0 aliphatic heterocycles. The van der Waals surface area contributed by atoms with Crippen LogP contribution in [-0.2, 0) is 15.7 Å². The van der Waals surface area contributed by atoms with Crippen LogP contribution in [-0.4, -0.2) is 19.0 Å². The van der Waals surface area contributed by atoms with E-state index in [0.29, 0.717) is 16.3 Å². The highest BCUT2D eigenvalue weighted by Gasteiger charge is 2.47. The number of nitrogens with one attached hydrogen (secondary N) is 1. The molecule has 1 fully saturated rings. The van der Waals surface area contributed by atoms with Crippen LogP contribution >= 0.6 is 11.3 Å². The van der Waals surface area contributed by atoms with Gasteiger partial charge in [-0.05, 0) is 36.1 Å². The SMILES string of the molecule is COC(=O)c1ccc(NC(=O)C2CC2c2ccccc2C(F)(F)F)s1. The first kappa shape index (κ1) is 17.5. The first-order valence-corrected chi connectivity index (χ1v) is 8.28. The lowest BCUT2D eigenvalue weighted by molar-refractivity contribution is -0.138. The number of hydrogen-bond acceptors (Lipinski definition) is 4. The van der Waals surface area contributed by atoms with E-state index in [1.54, 1.807) is 12.1 Å². The molecule has 132 valence electrons. The van der Waals surface area contributed by atoms with Gasteiger partial charge in [0.2, 0.25) is 5.91 Å². The van der Waals surface area contributed by atoms with Gasteiger partial charge in [-0.25, -0.2) is 4.79 Å². The Morgan fingerprint density at radius 2 is 1.92 bits per heavy atom. The van der Waals surface area contributed by atoms with E-state index in [9.17, 15) is 22.8 Å². The van der Waals surface area contributed by atoms with Crippen molar-refractivity contribution in [1.82, 2.24) is 0 Å². The number of carbonyl (C=O) groups excluding carboxylic acids is 2. The zero-order valence-corrected chi connectivity index (χ0v) is 13.9. The van der Waals surface area contributed by atoms with Gasteiger partial charge in [0.05, 0.1) is 17.7 Å². The predicted octanol–water partition coefficient (Wildman–Crippen LogP) is 4.30. The van der Waals surface area contributed by atoms with Crippen molar-refractivity contribution in [3.63, 3.8) is 0 Å². The zero-order valence-electron chi connectivity index (χ0n) is 13.1. The summed E-state index contributed by atoms with van der Waals surface area (Å²) in [6, 6.07) is 8.42. The molecule has 3 rings (SSSR count). The van der Waals surface area contributed by atoms with E-state index in [1.807, 2.05) is 0 Å². The molecule has 0 bridgehead atoms. The summed E-state index contributed by atoms with van der Waals surface area (Å²) in [5.74, 6) is -1.81. The van der Waals surface area contributed by atoms with Crippen molar-refractivity contribution in [2.75, 3.05) is 12.4 Å². The maximum Gasteiger partial charge on any atom is 0.416 e. The van der Waals surface area contributed by atoms with Gasteiger partial charge in [0, 0.05) is 5.92 Å². The summed E-state index contributed by atoms with van der Waals surface area (Å²) in [5, 5.41) is 3.11. The Balaban J connectivity index is 1.69. The molecule has 1 saturated carbocycles. The Hall–Kier alpha value is -2.35. The third-order valence-electron chi connectivity index (χ3n) is 4.03. The molecule has 2 unspecified atom stereocenters. The van der Waals surface area contributed by atoms with Crippen LogP contribution in [0.15, 0.2) is 36.4 Å². The number of methoxy groups -OCH3 is 1. The van der Waals surface area contributed by atoms with Crippen LogP contribution in [0, 0.1) is 5.92 Å². The van der Waals surface area contributed by atoms with Gasteiger partial charge in [0.15, 0.2) is 0 Å². The van der Waals surface area contributed by atoms with Gasteiger partial charge >= 0.3 is 12.1 Å². The van der Waals surface area contributed by atoms with Gasteiger partial charge in [0.1, 0.15) is 4.88 Å². The number of amides is 1. The minimum atomic E-state index is -4.44. The first-order valence-electron chi connectivity index (χ1n) is 7.46. The number of thiophene rings is 1. The molecule has 1 amide bonds. The first-order chi connectivity index (χ1) is 11.8. The summed E-state index contributed by atoms with van der Waals surface area (Å²) in [6.07, 6.45) is -4.07. The molecule has 25 heavy (non-hydrogen) atoms. The standard InChI is InChI=1S/C17H14F3NO3S/c1-24-16(23)13-6-7-14(25-13)21-15(22)11-8-10(11)9-4-2-3-5-12(9)17(18,19)20/h2-7,10-11H,8H2,1H3,(H,21,22). The average Bonchev–Trinajstić information content (AvgIpc) is 3.25. The fourth-order valence-corrected chi connectivity index (χ4v) is 3.56. The molecule has 2 atom stereocenters. The Morgan fingerprint density at radius 1 is 1.20 bits per heavy atom. The van der Waals surface area contributed by atoms with Gasteiger partial charge < -0.3 is 10.1 Å². The second-order valence-corrected chi connectivity index (χ2v) is 6.76. The van der Waals surface area contributed by atoms with Crippen molar-refractivity contribution >= 4 is 28.2 Å². The largest absolute Gasteiger partial charge is 0.465 e. The maximum atomic E-state index is 13.1. The summed E-state index contributed by atoms with van der Waals surface area (Å²) in [5.41, 5.74) is -0.545. The summed E-state index contributed by atoms with van der Waals surface area (Å²) < 4.78 is 43.8. The van der Waals surface area contributed by atoms with Crippen LogP contribution in [0.3, 0.4) is 0 Å². The van der Waals surface area contributed by atoms with Crippen molar-refractivity contribution in [2.45, 2.75) is 18.5 Å². The summed E-state index contributed by atoms with van der Waals surface area (Å²) >= 11 is 1.06. The van der Waals surface area contributed by atoms with E-state index >= 15 is 0 Å². The minimum Gasteiger partial charge on any atom is -0.465 e. The normalized spacial score (nSPS) is 19.4. The third-order valence-corrected chi connectivity index (χ3v) is 5.01. The van der Waals surface area contributed by atoms with Crippen LogP contribution in [0.2, 0.25) is 0 Å². The maximum absolute atomic E-state index is 13.1. The molecular weight excluding hydrogens is 355 g/mol. The smallest absolute Gasteiger partial charge is 0.416 e. The van der Waals surface area contributed by atoms with Crippen LogP contribution < -0.4 is 5.32 Å². The lowest BCUT2D eigenvalue weighted by Gasteiger charge is -2.12. The van der Waals surface area contributed by atoms with E-state index in [1.165, 1.54) is 25.3 Å². The van der Waals surface area contributed by atoms with E-state index < -0.39 is 29.5 Å². The van der Waals surface area contributed by atoms with Crippen molar-refractivity contribution in [2.24, 2.45) is 5.92 Å². The molecule has 1 heterocycles. The van der Waals surface area contributed by atoms with Gasteiger partial charge in [-0.1, -0.05) is 18.2 Å². The second kappa shape index (κ2) is 6.51. The summed E-state index contributed by atoms with van der Waals surface area (Å²) in [6.45, 7) is 0. The van der Waals surface area contributed by atoms with Crippen molar-refractivity contribution in [1.29, 1.82) is 0 Å². The Morgan fingerprint density at radius 3 is 2.60 bits per heavy atom. The molecule has 0 saturated heterocycles. The van der Waals surface area contributed by atoms with E-state index in [2.05, 4.69) is 10.1 Å². The van der Waals surface area contributed by atoms with Crippen molar-refractivity contribution in [3.05, 3.63) is 52.4 Å². The zero-order chi connectivity index (χ0) is 18.2. The molecule has 8 heteroatoms. The number of anilines is 1. The molecule has 2 aromatic rings. The van der Waals surface area contributed by atoms with Crippen LogP contribution in [0.5, 0.6) is 0 Å². The van der Waals surface area contributed by atoms with E-state index in [4.69, 9.17) is 0 Å². The van der Waals surface area contributed by atoms with Gasteiger partial charge in [0.25, 0.3) is 0 Å². The molecule has 1 N–H and O–H groups in total. The molecule has 0 spiro atoms. The Kier molecular flexibility index (Phi) is 4.55. The number of benzene rings is 1. The van der Waals surface area contributed by atoms with Gasteiger partial charge in [-0.3, -0.25) is 4.79 Å². The van der Waals surface area contributed by atoms with E-state index in [-0.39, 0.29) is 11.5 Å². The highest BCUT2D eigenvalue weighted by atomic mass is 32.1. The highest BCUT2D eigenvalue weighted by molar-refractivity contribution is 7.18. The number of ether oxygens (including phenoxy) is 1.